The Labute approximate surface area is 103 Å². The summed E-state index contributed by atoms with van der Waals surface area (Å²) in [5.74, 6) is 1.69. The molecule has 2 rings (SSSR count). The summed E-state index contributed by atoms with van der Waals surface area (Å²) in [6.07, 6.45) is 1.75. The van der Waals surface area contributed by atoms with Gasteiger partial charge < -0.3 is 4.74 Å². The summed E-state index contributed by atoms with van der Waals surface area (Å²) in [7, 11) is 0. The number of aryl methyl sites for hydroxylation is 2. The van der Waals surface area contributed by atoms with Crippen molar-refractivity contribution in [3.8, 4) is 11.5 Å². The largest absolute Gasteiger partial charge is 0.457 e. The average Bonchev–Trinajstić information content (AvgIpc) is 2.22. The molecule has 0 saturated carbocycles. The number of nitrogens with zero attached hydrogens (tertiary/aromatic N) is 1. The van der Waals surface area contributed by atoms with Gasteiger partial charge in [-0.1, -0.05) is 15.9 Å². The van der Waals surface area contributed by atoms with Crippen LogP contribution in [0.25, 0.3) is 0 Å². The third-order valence-corrected chi connectivity index (χ3v) is 2.73. The highest BCUT2D eigenvalue weighted by atomic mass is 79.9. The second-order valence-electron chi connectivity index (χ2n) is 3.64. The maximum Gasteiger partial charge on any atom is 0.130 e. The molecule has 82 valence electrons. The summed E-state index contributed by atoms with van der Waals surface area (Å²) in [6.45, 7) is 3.97. The second kappa shape index (κ2) is 4.66. The lowest BCUT2D eigenvalue weighted by atomic mass is 10.2. The highest BCUT2D eigenvalue weighted by Gasteiger charge is 2.02. The molecule has 0 bridgehead atoms. The van der Waals surface area contributed by atoms with Crippen LogP contribution >= 0.6 is 15.9 Å². The fraction of sp³-hybridized carbons (Fsp3) is 0.154. The van der Waals surface area contributed by atoms with E-state index in [1.165, 1.54) is 0 Å². The number of benzene rings is 1. The monoisotopic (exact) mass is 277 g/mol. The first-order valence-electron chi connectivity index (χ1n) is 5.02. The van der Waals surface area contributed by atoms with E-state index in [0.717, 1.165) is 27.2 Å². The van der Waals surface area contributed by atoms with E-state index in [1.807, 2.05) is 44.2 Å². The normalized spacial score (nSPS) is 10.2. The van der Waals surface area contributed by atoms with Crippen LogP contribution in [0.3, 0.4) is 0 Å². The van der Waals surface area contributed by atoms with Crippen LogP contribution in [0.4, 0.5) is 0 Å². The van der Waals surface area contributed by atoms with E-state index in [9.17, 15) is 0 Å². The van der Waals surface area contributed by atoms with Crippen LogP contribution in [-0.4, -0.2) is 4.98 Å². The Morgan fingerprint density at radius 3 is 2.62 bits per heavy atom. The zero-order chi connectivity index (χ0) is 11.5. The van der Waals surface area contributed by atoms with E-state index in [4.69, 9.17) is 4.74 Å². The number of ether oxygens (including phenoxy) is 1. The van der Waals surface area contributed by atoms with Crippen molar-refractivity contribution in [2.75, 3.05) is 0 Å². The van der Waals surface area contributed by atoms with Crippen molar-refractivity contribution in [1.82, 2.24) is 4.98 Å². The van der Waals surface area contributed by atoms with Crippen molar-refractivity contribution < 1.29 is 4.74 Å². The Balaban J connectivity index is 2.27. The van der Waals surface area contributed by atoms with Crippen LogP contribution in [0.1, 0.15) is 11.3 Å². The van der Waals surface area contributed by atoms with Gasteiger partial charge in [-0.25, -0.2) is 0 Å². The maximum absolute atomic E-state index is 5.78. The van der Waals surface area contributed by atoms with Crippen LogP contribution in [0.5, 0.6) is 11.5 Å². The fourth-order valence-electron chi connectivity index (χ4n) is 1.44. The first-order valence-corrected chi connectivity index (χ1v) is 5.81. The smallest absolute Gasteiger partial charge is 0.130 e. The number of pyridine rings is 1. The molecule has 0 amide bonds. The minimum absolute atomic E-state index is 0.818. The molecule has 0 aliphatic rings. The van der Waals surface area contributed by atoms with Crippen molar-refractivity contribution >= 4 is 15.9 Å². The third-order valence-electron chi connectivity index (χ3n) is 2.23. The van der Waals surface area contributed by atoms with Crippen LogP contribution in [0.2, 0.25) is 0 Å². The Kier molecular flexibility index (Phi) is 3.25. The molecule has 0 N–H and O–H groups in total. The molecule has 0 saturated heterocycles. The SMILES string of the molecule is Cc1cc(Oc2ccc(Br)cc2C)ccn1. The van der Waals surface area contributed by atoms with Gasteiger partial charge in [0.2, 0.25) is 0 Å². The summed E-state index contributed by atoms with van der Waals surface area (Å²) < 4.78 is 6.84. The third kappa shape index (κ3) is 2.61. The molecular formula is C13H12BrNO. The van der Waals surface area contributed by atoms with Crippen LogP contribution < -0.4 is 4.74 Å². The van der Waals surface area contributed by atoms with Gasteiger partial charge in [-0.2, -0.15) is 0 Å². The highest BCUT2D eigenvalue weighted by Crippen LogP contribution is 2.27. The van der Waals surface area contributed by atoms with Gasteiger partial charge in [0.25, 0.3) is 0 Å². The van der Waals surface area contributed by atoms with E-state index in [0.29, 0.717) is 0 Å². The summed E-state index contributed by atoms with van der Waals surface area (Å²) in [5, 5.41) is 0. The highest BCUT2D eigenvalue weighted by molar-refractivity contribution is 9.10. The van der Waals surface area contributed by atoms with Gasteiger partial charge >= 0.3 is 0 Å². The van der Waals surface area contributed by atoms with Crippen LogP contribution in [0.15, 0.2) is 41.0 Å². The van der Waals surface area contributed by atoms with Gasteiger partial charge in [0.05, 0.1) is 0 Å². The molecule has 1 aromatic heterocycles. The zero-order valence-electron chi connectivity index (χ0n) is 9.20. The van der Waals surface area contributed by atoms with Gasteiger partial charge in [-0.05, 0) is 43.7 Å². The van der Waals surface area contributed by atoms with Crippen molar-refractivity contribution in [2.45, 2.75) is 13.8 Å². The minimum atomic E-state index is 0.818. The van der Waals surface area contributed by atoms with E-state index in [2.05, 4.69) is 20.9 Å². The lowest BCUT2D eigenvalue weighted by molar-refractivity contribution is 0.477. The van der Waals surface area contributed by atoms with Gasteiger partial charge in [0, 0.05) is 22.4 Å². The molecule has 0 aliphatic heterocycles. The minimum Gasteiger partial charge on any atom is -0.457 e. The molecule has 3 heteroatoms. The summed E-state index contributed by atoms with van der Waals surface area (Å²) >= 11 is 3.43. The average molecular weight is 278 g/mol. The number of aromatic nitrogens is 1. The predicted molar refractivity (Wildman–Crippen MR) is 67.9 cm³/mol. The molecule has 1 aromatic carbocycles. The van der Waals surface area contributed by atoms with Crippen molar-refractivity contribution in [1.29, 1.82) is 0 Å². The van der Waals surface area contributed by atoms with E-state index in [-0.39, 0.29) is 0 Å². The van der Waals surface area contributed by atoms with Crippen molar-refractivity contribution in [2.24, 2.45) is 0 Å². The molecule has 0 atom stereocenters. The molecule has 2 aromatic rings. The molecule has 0 spiro atoms. The van der Waals surface area contributed by atoms with E-state index >= 15 is 0 Å². The standard InChI is InChI=1S/C13H12BrNO/c1-9-7-11(14)3-4-13(9)16-12-5-6-15-10(2)8-12/h3-8H,1-2H3. The fourth-order valence-corrected chi connectivity index (χ4v) is 1.91. The molecule has 1 heterocycles. The van der Waals surface area contributed by atoms with Crippen molar-refractivity contribution in [3.05, 3.63) is 52.3 Å². The van der Waals surface area contributed by atoms with Gasteiger partial charge in [-0.15, -0.1) is 0 Å². The molecule has 16 heavy (non-hydrogen) atoms. The Hall–Kier alpha value is -1.35. The predicted octanol–water partition coefficient (Wildman–Crippen LogP) is 4.25. The quantitative estimate of drug-likeness (QED) is 0.819. The van der Waals surface area contributed by atoms with Crippen LogP contribution in [0, 0.1) is 13.8 Å². The number of halogens is 1. The summed E-state index contributed by atoms with van der Waals surface area (Å²) in [6, 6.07) is 9.73. The Morgan fingerprint density at radius 1 is 1.12 bits per heavy atom. The molecule has 0 fully saturated rings. The van der Waals surface area contributed by atoms with Gasteiger partial charge in [0.15, 0.2) is 0 Å². The number of hydrogen-bond acceptors (Lipinski definition) is 2. The second-order valence-corrected chi connectivity index (χ2v) is 4.56. The number of hydrogen-bond donors (Lipinski definition) is 0. The molecular weight excluding hydrogens is 266 g/mol. The van der Waals surface area contributed by atoms with Crippen molar-refractivity contribution in [3.63, 3.8) is 0 Å². The summed E-state index contributed by atoms with van der Waals surface area (Å²) in [5.41, 5.74) is 2.05. The van der Waals surface area contributed by atoms with Crippen LogP contribution in [-0.2, 0) is 0 Å². The zero-order valence-corrected chi connectivity index (χ0v) is 10.8. The number of rotatable bonds is 2. The topological polar surface area (TPSA) is 22.1 Å². The maximum atomic E-state index is 5.78. The Morgan fingerprint density at radius 2 is 1.94 bits per heavy atom. The lowest BCUT2D eigenvalue weighted by Gasteiger charge is -2.09. The first-order chi connectivity index (χ1) is 7.65. The Bertz CT molecular complexity index is 511. The lowest BCUT2D eigenvalue weighted by Crippen LogP contribution is -1.89. The molecule has 0 radical (unpaired) electrons. The van der Waals surface area contributed by atoms with Gasteiger partial charge in [-0.3, -0.25) is 4.98 Å². The summed E-state index contributed by atoms with van der Waals surface area (Å²) in [4.78, 5) is 4.13. The van der Waals surface area contributed by atoms with E-state index < -0.39 is 0 Å². The first kappa shape index (κ1) is 11.1. The molecule has 0 unspecified atom stereocenters. The van der Waals surface area contributed by atoms with Gasteiger partial charge in [0.1, 0.15) is 11.5 Å². The molecule has 2 nitrogen and oxygen atoms in total. The van der Waals surface area contributed by atoms with E-state index in [1.54, 1.807) is 6.20 Å². The molecule has 0 aliphatic carbocycles.